The monoisotopic (exact) mass is 589 g/mol. The topological polar surface area (TPSA) is 197 Å². The SMILES string of the molecule is CCCCCN=C(N)N/N=C\c1c[nH]c2ccc(OC)cc12.O=S(=O)(O)c1cccc2c(S(=O)(=O)O)cccc12. The number of guanidine groups is 1. The molecule has 1 heterocycles. The van der Waals surface area contributed by atoms with Crippen LogP contribution in [0.25, 0.3) is 21.7 Å². The summed E-state index contributed by atoms with van der Waals surface area (Å²) in [6, 6.07) is 13.4. The Morgan fingerprint density at radius 1 is 0.975 bits per heavy atom. The molecular formula is C26H31N5O7S2. The van der Waals surface area contributed by atoms with Gasteiger partial charge in [-0.05, 0) is 36.8 Å². The summed E-state index contributed by atoms with van der Waals surface area (Å²) in [5, 5.41) is 5.22. The number of fused-ring (bicyclic) bond motifs is 2. The number of nitrogens with two attached hydrogens (primary N) is 1. The number of nitrogens with one attached hydrogen (secondary N) is 2. The maximum atomic E-state index is 11.2. The van der Waals surface area contributed by atoms with Gasteiger partial charge in [0.25, 0.3) is 20.2 Å². The number of rotatable bonds is 9. The van der Waals surface area contributed by atoms with Crippen LogP contribution in [0, 0.1) is 0 Å². The number of nitrogens with zero attached hydrogens (tertiary/aromatic N) is 2. The minimum Gasteiger partial charge on any atom is -0.497 e. The Bertz CT molecular complexity index is 1680. The molecule has 0 aliphatic heterocycles. The number of hydrogen-bond donors (Lipinski definition) is 5. The van der Waals surface area contributed by atoms with Crippen LogP contribution < -0.4 is 15.9 Å². The fourth-order valence-corrected chi connectivity index (χ4v) is 5.23. The highest BCUT2D eigenvalue weighted by Gasteiger charge is 2.19. The zero-order valence-corrected chi connectivity index (χ0v) is 23.5. The van der Waals surface area contributed by atoms with Gasteiger partial charge in [0.2, 0.25) is 5.96 Å². The maximum absolute atomic E-state index is 11.2. The zero-order chi connectivity index (χ0) is 29.3. The third-order valence-electron chi connectivity index (χ3n) is 5.75. The Kier molecular flexibility index (Phi) is 10.2. The number of aromatic amines is 1. The third kappa shape index (κ3) is 8.02. The number of benzene rings is 3. The van der Waals surface area contributed by atoms with Crippen molar-refractivity contribution in [2.45, 2.75) is 36.0 Å². The largest absolute Gasteiger partial charge is 0.497 e. The normalized spacial score (nSPS) is 12.4. The second-order valence-electron chi connectivity index (χ2n) is 8.56. The molecule has 40 heavy (non-hydrogen) atoms. The highest BCUT2D eigenvalue weighted by molar-refractivity contribution is 7.86. The third-order valence-corrected chi connectivity index (χ3v) is 7.57. The number of unbranched alkanes of at least 4 members (excludes halogenated alkanes) is 2. The minimum atomic E-state index is -4.47. The van der Waals surface area contributed by atoms with Crippen molar-refractivity contribution in [1.82, 2.24) is 10.4 Å². The summed E-state index contributed by atoms with van der Waals surface area (Å²) in [5.74, 6) is 1.15. The van der Waals surface area contributed by atoms with Crippen molar-refractivity contribution in [3.05, 3.63) is 66.4 Å². The van der Waals surface area contributed by atoms with E-state index in [1.165, 1.54) is 30.7 Å². The summed E-state index contributed by atoms with van der Waals surface area (Å²) in [4.78, 5) is 6.58. The van der Waals surface area contributed by atoms with E-state index >= 15 is 0 Å². The fraction of sp³-hybridized carbons (Fsp3) is 0.231. The van der Waals surface area contributed by atoms with E-state index in [2.05, 4.69) is 27.4 Å². The first kappa shape index (κ1) is 30.6. The van der Waals surface area contributed by atoms with Crippen LogP contribution in [0.4, 0.5) is 0 Å². The molecule has 4 aromatic rings. The molecule has 0 saturated heterocycles. The van der Waals surface area contributed by atoms with Crippen molar-refractivity contribution in [3.63, 3.8) is 0 Å². The van der Waals surface area contributed by atoms with Gasteiger partial charge in [-0.25, -0.2) is 5.43 Å². The molecular weight excluding hydrogens is 558 g/mol. The lowest BCUT2D eigenvalue weighted by molar-refractivity contribution is 0.415. The van der Waals surface area contributed by atoms with Gasteiger partial charge >= 0.3 is 0 Å². The number of hydrogen-bond acceptors (Lipinski definition) is 7. The summed E-state index contributed by atoms with van der Waals surface area (Å²) >= 11 is 0. The van der Waals surface area contributed by atoms with Crippen molar-refractivity contribution in [1.29, 1.82) is 0 Å². The van der Waals surface area contributed by atoms with Crippen LogP contribution in [0.1, 0.15) is 31.7 Å². The number of aromatic nitrogens is 1. The van der Waals surface area contributed by atoms with E-state index < -0.39 is 30.0 Å². The fourth-order valence-electron chi connectivity index (χ4n) is 3.82. The van der Waals surface area contributed by atoms with Crippen LogP contribution in [-0.4, -0.2) is 56.8 Å². The number of H-pyrrole nitrogens is 1. The smallest absolute Gasteiger partial charge is 0.295 e. The van der Waals surface area contributed by atoms with Gasteiger partial charge in [0.05, 0.1) is 13.3 Å². The molecule has 14 heteroatoms. The summed E-state index contributed by atoms with van der Waals surface area (Å²) in [7, 11) is -7.28. The lowest BCUT2D eigenvalue weighted by atomic mass is 10.1. The molecule has 0 aliphatic rings. The van der Waals surface area contributed by atoms with E-state index in [4.69, 9.17) is 19.6 Å². The summed E-state index contributed by atoms with van der Waals surface area (Å²) in [6.45, 7) is 2.89. The Morgan fingerprint density at radius 3 is 2.15 bits per heavy atom. The van der Waals surface area contributed by atoms with Crippen LogP contribution >= 0.6 is 0 Å². The second-order valence-corrected chi connectivity index (χ2v) is 11.3. The molecule has 0 spiro atoms. The molecule has 12 nitrogen and oxygen atoms in total. The van der Waals surface area contributed by atoms with Crippen molar-refractivity contribution in [2.75, 3.05) is 13.7 Å². The van der Waals surface area contributed by atoms with E-state index in [1.807, 2.05) is 24.4 Å². The predicted octanol–water partition coefficient (Wildman–Crippen LogP) is 3.94. The van der Waals surface area contributed by atoms with Crippen molar-refractivity contribution in [3.8, 4) is 5.75 Å². The highest BCUT2D eigenvalue weighted by atomic mass is 32.2. The molecule has 0 bridgehead atoms. The van der Waals surface area contributed by atoms with E-state index in [0.29, 0.717) is 5.96 Å². The standard InChI is InChI=1S/C16H23N5O.C10H8O6S2/c1-3-4-5-8-18-16(17)21-20-11-12-10-19-15-7-6-13(22-2)9-14(12)15;11-17(12,13)9-5-1-3-7-8(9)4-2-6-10(7)18(14,15)16/h6-7,9-11,19H,3-5,8H2,1-2H3,(H3,17,18,21);1-6H,(H,11,12,13)(H,14,15,16)/b20-11-;. The number of methoxy groups -OCH3 is 1. The van der Waals surface area contributed by atoms with Gasteiger partial charge in [0.1, 0.15) is 15.5 Å². The average molecular weight is 590 g/mol. The lowest BCUT2D eigenvalue weighted by Gasteiger charge is -2.06. The maximum Gasteiger partial charge on any atom is 0.295 e. The van der Waals surface area contributed by atoms with Crippen LogP contribution in [0.15, 0.2) is 80.7 Å². The van der Waals surface area contributed by atoms with Gasteiger partial charge in [0, 0.05) is 40.0 Å². The van der Waals surface area contributed by atoms with E-state index in [0.717, 1.165) is 53.7 Å². The highest BCUT2D eigenvalue weighted by Crippen LogP contribution is 2.28. The zero-order valence-electron chi connectivity index (χ0n) is 21.9. The van der Waals surface area contributed by atoms with Crippen LogP contribution in [0.5, 0.6) is 5.75 Å². The molecule has 214 valence electrons. The van der Waals surface area contributed by atoms with Crippen molar-refractivity contribution >= 4 is 54.1 Å². The minimum absolute atomic E-state index is 0.0233. The van der Waals surface area contributed by atoms with E-state index in [9.17, 15) is 16.8 Å². The number of aliphatic imine (C=N–C) groups is 1. The van der Waals surface area contributed by atoms with E-state index in [1.54, 1.807) is 13.3 Å². The Hall–Kier alpha value is -3.98. The molecule has 0 aliphatic carbocycles. The summed E-state index contributed by atoms with van der Waals surface area (Å²) < 4.78 is 67.9. The number of hydrazone groups is 1. The molecule has 0 fully saturated rings. The van der Waals surface area contributed by atoms with E-state index in [-0.39, 0.29) is 10.8 Å². The van der Waals surface area contributed by atoms with Gasteiger partial charge in [-0.2, -0.15) is 21.9 Å². The summed E-state index contributed by atoms with van der Waals surface area (Å²) in [6.07, 6.45) is 6.99. The summed E-state index contributed by atoms with van der Waals surface area (Å²) in [5.41, 5.74) is 10.5. The molecule has 0 unspecified atom stereocenters. The van der Waals surface area contributed by atoms with Crippen LogP contribution in [0.2, 0.25) is 0 Å². The van der Waals surface area contributed by atoms with Gasteiger partial charge in [-0.3, -0.25) is 14.1 Å². The van der Waals surface area contributed by atoms with Gasteiger partial charge in [-0.1, -0.05) is 44.0 Å². The molecule has 0 saturated carbocycles. The average Bonchev–Trinajstić information content (AvgIpc) is 3.31. The van der Waals surface area contributed by atoms with Gasteiger partial charge in [0.15, 0.2) is 0 Å². The molecule has 1 aromatic heterocycles. The second kappa shape index (κ2) is 13.4. The molecule has 0 amide bonds. The Labute approximate surface area is 232 Å². The molecule has 0 radical (unpaired) electrons. The van der Waals surface area contributed by atoms with Crippen molar-refractivity contribution in [2.24, 2.45) is 15.8 Å². The van der Waals surface area contributed by atoms with Crippen molar-refractivity contribution < 1.29 is 30.7 Å². The molecule has 4 rings (SSSR count). The molecule has 3 aromatic carbocycles. The predicted molar refractivity (Wildman–Crippen MR) is 155 cm³/mol. The van der Waals surface area contributed by atoms with Crippen LogP contribution in [0.3, 0.4) is 0 Å². The first-order chi connectivity index (χ1) is 19.0. The quantitative estimate of drug-likeness (QED) is 0.0631. The number of ether oxygens (including phenoxy) is 1. The van der Waals surface area contributed by atoms with Gasteiger partial charge in [-0.15, -0.1) is 0 Å². The Morgan fingerprint density at radius 2 is 1.60 bits per heavy atom. The van der Waals surface area contributed by atoms with Crippen LogP contribution in [-0.2, 0) is 20.2 Å². The molecule has 6 N–H and O–H groups in total. The molecule has 0 atom stereocenters. The first-order valence-electron chi connectivity index (χ1n) is 12.2. The first-order valence-corrected chi connectivity index (χ1v) is 15.0. The Balaban J connectivity index is 0.000000225. The lowest BCUT2D eigenvalue weighted by Crippen LogP contribution is -2.27. The van der Waals surface area contributed by atoms with Gasteiger partial charge < -0.3 is 15.5 Å².